The number of hydrogen-bond donors (Lipinski definition) is 3. The summed E-state index contributed by atoms with van der Waals surface area (Å²) in [6.45, 7) is 3.19. The van der Waals surface area contributed by atoms with Crippen LogP contribution in [0, 0.1) is 0 Å². The van der Waals surface area contributed by atoms with Gasteiger partial charge in [0, 0.05) is 13.1 Å². The molecule has 3 N–H and O–H groups in total. The average Bonchev–Trinajstić information content (AvgIpc) is 2.27. The van der Waals surface area contributed by atoms with E-state index in [9.17, 15) is 9.59 Å². The molecule has 2 rings (SSSR count). The standard InChI is InChI=1S/C6H10N4O2/c1-6(2-7-3-6)10-4(11)8-9-5(10)12/h7H,2-3H2,1H3,(H,8,11)(H,9,12). The van der Waals surface area contributed by atoms with Crippen LogP contribution in [0.1, 0.15) is 6.92 Å². The summed E-state index contributed by atoms with van der Waals surface area (Å²) in [5.41, 5.74) is -1.10. The lowest BCUT2D eigenvalue weighted by Gasteiger charge is -2.38. The molecule has 12 heavy (non-hydrogen) atoms. The minimum Gasteiger partial charge on any atom is -0.312 e. The average molecular weight is 170 g/mol. The number of aromatic amines is 2. The molecule has 2 heterocycles. The van der Waals surface area contributed by atoms with E-state index in [1.807, 2.05) is 6.92 Å². The summed E-state index contributed by atoms with van der Waals surface area (Å²) in [4.78, 5) is 22.3. The highest BCUT2D eigenvalue weighted by Gasteiger charge is 2.36. The van der Waals surface area contributed by atoms with Gasteiger partial charge in [-0.2, -0.15) is 0 Å². The molecule has 1 aromatic heterocycles. The molecule has 1 aliphatic rings. The molecule has 0 bridgehead atoms. The quantitative estimate of drug-likeness (QED) is 0.464. The first-order valence-corrected chi connectivity index (χ1v) is 3.74. The topological polar surface area (TPSA) is 82.7 Å². The maximum atomic E-state index is 11.1. The first-order valence-electron chi connectivity index (χ1n) is 3.74. The molecular weight excluding hydrogens is 160 g/mol. The monoisotopic (exact) mass is 170 g/mol. The first kappa shape index (κ1) is 7.35. The summed E-state index contributed by atoms with van der Waals surface area (Å²) in [5, 5.41) is 7.52. The first-order chi connectivity index (χ1) is 5.63. The summed E-state index contributed by atoms with van der Waals surface area (Å²) >= 11 is 0. The number of nitrogens with one attached hydrogen (secondary N) is 3. The second-order valence-corrected chi connectivity index (χ2v) is 3.30. The van der Waals surface area contributed by atoms with E-state index in [2.05, 4.69) is 15.5 Å². The Balaban J connectivity index is 2.59. The Kier molecular flexibility index (Phi) is 1.29. The van der Waals surface area contributed by atoms with Gasteiger partial charge >= 0.3 is 11.4 Å². The summed E-state index contributed by atoms with van der Waals surface area (Å²) < 4.78 is 1.21. The SMILES string of the molecule is CC1(n2c(=O)[nH][nH]c2=O)CNC1. The zero-order valence-corrected chi connectivity index (χ0v) is 6.68. The summed E-state index contributed by atoms with van der Waals surface area (Å²) in [6.07, 6.45) is 0. The van der Waals surface area contributed by atoms with Crippen LogP contribution >= 0.6 is 0 Å². The van der Waals surface area contributed by atoms with Crippen LogP contribution in [0.2, 0.25) is 0 Å². The highest BCUT2D eigenvalue weighted by atomic mass is 16.2. The van der Waals surface area contributed by atoms with Crippen LogP contribution in [0.5, 0.6) is 0 Å². The van der Waals surface area contributed by atoms with Crippen molar-refractivity contribution in [3.63, 3.8) is 0 Å². The van der Waals surface area contributed by atoms with Gasteiger partial charge < -0.3 is 5.32 Å². The lowest BCUT2D eigenvalue weighted by Crippen LogP contribution is -2.63. The lowest BCUT2D eigenvalue weighted by atomic mass is 9.95. The Morgan fingerprint density at radius 1 is 1.25 bits per heavy atom. The van der Waals surface area contributed by atoms with E-state index in [1.165, 1.54) is 4.57 Å². The molecule has 1 fully saturated rings. The van der Waals surface area contributed by atoms with Crippen molar-refractivity contribution in [2.45, 2.75) is 12.5 Å². The molecule has 1 aliphatic heterocycles. The molecule has 1 saturated heterocycles. The van der Waals surface area contributed by atoms with Crippen molar-refractivity contribution < 1.29 is 0 Å². The second kappa shape index (κ2) is 2.10. The highest BCUT2D eigenvalue weighted by Crippen LogP contribution is 2.15. The second-order valence-electron chi connectivity index (χ2n) is 3.30. The molecular formula is C6H10N4O2. The van der Waals surface area contributed by atoms with Crippen molar-refractivity contribution >= 4 is 0 Å². The van der Waals surface area contributed by atoms with E-state index in [1.54, 1.807) is 0 Å². The zero-order chi connectivity index (χ0) is 8.77. The Hall–Kier alpha value is -1.30. The van der Waals surface area contributed by atoms with E-state index >= 15 is 0 Å². The number of rotatable bonds is 1. The molecule has 66 valence electrons. The number of aromatic nitrogens is 3. The number of hydrogen-bond acceptors (Lipinski definition) is 3. The minimum absolute atomic E-state index is 0.356. The van der Waals surface area contributed by atoms with Gasteiger partial charge in [-0.1, -0.05) is 0 Å². The number of nitrogens with zero attached hydrogens (tertiary/aromatic N) is 1. The van der Waals surface area contributed by atoms with Crippen molar-refractivity contribution in [2.24, 2.45) is 0 Å². The van der Waals surface area contributed by atoms with Gasteiger partial charge in [-0.15, -0.1) is 0 Å². The van der Waals surface area contributed by atoms with Crippen LogP contribution in [-0.4, -0.2) is 27.9 Å². The van der Waals surface area contributed by atoms with Gasteiger partial charge in [0.25, 0.3) is 0 Å². The van der Waals surface area contributed by atoms with Crippen molar-refractivity contribution in [2.75, 3.05) is 13.1 Å². The van der Waals surface area contributed by atoms with Gasteiger partial charge in [-0.25, -0.2) is 24.4 Å². The fourth-order valence-corrected chi connectivity index (χ4v) is 1.45. The molecule has 0 radical (unpaired) electrons. The predicted octanol–water partition coefficient (Wildman–Crippen LogP) is -1.82. The Labute approximate surface area is 67.6 Å². The van der Waals surface area contributed by atoms with Crippen LogP contribution in [0.3, 0.4) is 0 Å². The van der Waals surface area contributed by atoms with E-state index in [0.29, 0.717) is 13.1 Å². The molecule has 0 aliphatic carbocycles. The normalized spacial score (nSPS) is 20.4. The molecule has 0 spiro atoms. The van der Waals surface area contributed by atoms with Crippen molar-refractivity contribution in [1.29, 1.82) is 0 Å². The van der Waals surface area contributed by atoms with Gasteiger partial charge in [0.15, 0.2) is 0 Å². The third-order valence-corrected chi connectivity index (χ3v) is 2.23. The molecule has 0 atom stereocenters. The van der Waals surface area contributed by atoms with E-state index in [0.717, 1.165) is 0 Å². The predicted molar refractivity (Wildman–Crippen MR) is 42.2 cm³/mol. The minimum atomic E-state index is -0.371. The van der Waals surface area contributed by atoms with Crippen LogP contribution in [0.4, 0.5) is 0 Å². The molecule has 6 heteroatoms. The van der Waals surface area contributed by atoms with E-state index in [-0.39, 0.29) is 16.9 Å². The maximum absolute atomic E-state index is 11.1. The Morgan fingerprint density at radius 2 is 1.75 bits per heavy atom. The van der Waals surface area contributed by atoms with Crippen LogP contribution in [0.25, 0.3) is 0 Å². The van der Waals surface area contributed by atoms with Gasteiger partial charge in [0.05, 0.1) is 5.54 Å². The fourth-order valence-electron chi connectivity index (χ4n) is 1.45. The van der Waals surface area contributed by atoms with Crippen molar-refractivity contribution in [3.8, 4) is 0 Å². The zero-order valence-electron chi connectivity index (χ0n) is 6.68. The Morgan fingerprint density at radius 3 is 2.08 bits per heavy atom. The van der Waals surface area contributed by atoms with Gasteiger partial charge in [-0.05, 0) is 6.92 Å². The van der Waals surface area contributed by atoms with Crippen molar-refractivity contribution in [3.05, 3.63) is 21.0 Å². The van der Waals surface area contributed by atoms with Crippen LogP contribution in [-0.2, 0) is 5.54 Å². The van der Waals surface area contributed by atoms with Crippen LogP contribution in [0.15, 0.2) is 9.59 Å². The molecule has 0 unspecified atom stereocenters. The largest absolute Gasteiger partial charge is 0.344 e. The fraction of sp³-hybridized carbons (Fsp3) is 0.667. The third kappa shape index (κ3) is 0.781. The van der Waals surface area contributed by atoms with E-state index in [4.69, 9.17) is 0 Å². The molecule has 6 nitrogen and oxygen atoms in total. The van der Waals surface area contributed by atoms with Gasteiger partial charge in [-0.3, -0.25) is 0 Å². The number of H-pyrrole nitrogens is 2. The van der Waals surface area contributed by atoms with Gasteiger partial charge in [0.1, 0.15) is 0 Å². The Bertz CT molecular complexity index is 367. The molecule has 0 amide bonds. The van der Waals surface area contributed by atoms with Gasteiger partial charge in [0.2, 0.25) is 0 Å². The summed E-state index contributed by atoms with van der Waals surface area (Å²) in [6, 6.07) is 0. The lowest BCUT2D eigenvalue weighted by molar-refractivity contribution is 0.190. The van der Waals surface area contributed by atoms with Crippen molar-refractivity contribution in [1.82, 2.24) is 20.1 Å². The summed E-state index contributed by atoms with van der Waals surface area (Å²) in [5.74, 6) is 0. The molecule has 1 aromatic rings. The third-order valence-electron chi connectivity index (χ3n) is 2.23. The molecule has 0 saturated carbocycles. The molecule has 0 aromatic carbocycles. The van der Waals surface area contributed by atoms with Crippen LogP contribution < -0.4 is 16.7 Å². The smallest absolute Gasteiger partial charge is 0.312 e. The van der Waals surface area contributed by atoms with E-state index < -0.39 is 0 Å². The highest BCUT2D eigenvalue weighted by molar-refractivity contribution is 4.96. The maximum Gasteiger partial charge on any atom is 0.344 e. The summed E-state index contributed by atoms with van der Waals surface area (Å²) in [7, 11) is 0.